The minimum absolute atomic E-state index is 0.0730. The number of rotatable bonds is 7. The molecule has 0 heterocycles. The van der Waals surface area contributed by atoms with Gasteiger partial charge in [-0.15, -0.1) is 0 Å². The van der Waals surface area contributed by atoms with E-state index in [2.05, 4.69) is 5.32 Å². The summed E-state index contributed by atoms with van der Waals surface area (Å²) in [4.78, 5) is 22.0. The fraction of sp³-hybridized carbons (Fsp3) is 0.235. The zero-order valence-electron chi connectivity index (χ0n) is 14.1. The molecule has 3 N–H and O–H groups in total. The lowest BCUT2D eigenvalue weighted by Gasteiger charge is -2.19. The van der Waals surface area contributed by atoms with Gasteiger partial charge in [0.1, 0.15) is 17.2 Å². The molecule has 0 spiro atoms. The number of carbonyl (C=O) groups excluding carboxylic acids is 1. The van der Waals surface area contributed by atoms with Gasteiger partial charge in [-0.1, -0.05) is 0 Å². The Morgan fingerprint density at radius 3 is 2.48 bits per heavy atom. The van der Waals surface area contributed by atoms with Crippen LogP contribution in [0, 0.1) is 10.1 Å². The highest BCUT2D eigenvalue weighted by Gasteiger charge is 2.20. The van der Waals surface area contributed by atoms with Crippen LogP contribution >= 0.6 is 0 Å². The van der Waals surface area contributed by atoms with Gasteiger partial charge in [0.15, 0.2) is 0 Å². The first kappa shape index (κ1) is 18.1. The van der Waals surface area contributed by atoms with Gasteiger partial charge in [0.25, 0.3) is 5.69 Å². The number of ether oxygens (including phenoxy) is 2. The number of nitro benzene ring substituents is 1. The number of methoxy groups -OCH3 is 2. The summed E-state index contributed by atoms with van der Waals surface area (Å²) in [6.07, 6.45) is 0. The third-order valence-electron chi connectivity index (χ3n) is 3.75. The van der Waals surface area contributed by atoms with Crippen LogP contribution in [0.15, 0.2) is 36.4 Å². The van der Waals surface area contributed by atoms with Crippen molar-refractivity contribution in [2.75, 3.05) is 19.5 Å². The molecule has 0 unspecified atom stereocenters. The number of carbonyl (C=O) groups is 1. The first-order valence-electron chi connectivity index (χ1n) is 7.44. The normalized spacial score (nSPS) is 11.5. The zero-order chi connectivity index (χ0) is 18.6. The molecule has 0 aliphatic carbocycles. The van der Waals surface area contributed by atoms with Crippen molar-refractivity contribution in [1.29, 1.82) is 0 Å². The fourth-order valence-electron chi connectivity index (χ4n) is 2.45. The molecule has 0 saturated carbocycles. The summed E-state index contributed by atoms with van der Waals surface area (Å²) in [5, 5.41) is 14.4. The van der Waals surface area contributed by atoms with E-state index in [9.17, 15) is 14.9 Å². The first-order valence-corrected chi connectivity index (χ1v) is 7.44. The van der Waals surface area contributed by atoms with Crippen molar-refractivity contribution < 1.29 is 19.2 Å². The summed E-state index contributed by atoms with van der Waals surface area (Å²) < 4.78 is 10.6. The smallest absolute Gasteiger partial charge is 0.293 e. The van der Waals surface area contributed by atoms with E-state index in [1.165, 1.54) is 12.1 Å². The molecule has 8 heteroatoms. The number of anilines is 1. The number of hydrogen-bond donors (Lipinski definition) is 2. The van der Waals surface area contributed by atoms with Crippen LogP contribution in [0.5, 0.6) is 11.5 Å². The molecule has 2 aromatic carbocycles. The quantitative estimate of drug-likeness (QED) is 0.588. The summed E-state index contributed by atoms with van der Waals surface area (Å²) in [5.41, 5.74) is 6.07. The van der Waals surface area contributed by atoms with Crippen molar-refractivity contribution in [3.8, 4) is 11.5 Å². The Balaban J connectivity index is 2.39. The average molecular weight is 345 g/mol. The lowest BCUT2D eigenvalue weighted by Crippen LogP contribution is -2.13. The van der Waals surface area contributed by atoms with Crippen molar-refractivity contribution in [2.45, 2.75) is 13.0 Å². The van der Waals surface area contributed by atoms with Gasteiger partial charge in [-0.3, -0.25) is 14.9 Å². The van der Waals surface area contributed by atoms with E-state index in [4.69, 9.17) is 15.2 Å². The number of nitrogens with zero attached hydrogens (tertiary/aromatic N) is 1. The van der Waals surface area contributed by atoms with E-state index in [1.54, 1.807) is 32.4 Å². The minimum atomic E-state index is -0.725. The topological polar surface area (TPSA) is 117 Å². The van der Waals surface area contributed by atoms with Crippen LogP contribution in [0.3, 0.4) is 0 Å². The molecule has 0 aliphatic rings. The van der Waals surface area contributed by atoms with E-state index in [-0.39, 0.29) is 23.0 Å². The maximum atomic E-state index is 11.3. The van der Waals surface area contributed by atoms with Crippen molar-refractivity contribution >= 4 is 17.3 Å². The second kappa shape index (κ2) is 7.52. The van der Waals surface area contributed by atoms with Crippen LogP contribution in [-0.2, 0) is 0 Å². The zero-order valence-corrected chi connectivity index (χ0v) is 14.1. The molecule has 0 bridgehead atoms. The molecule has 2 rings (SSSR count). The van der Waals surface area contributed by atoms with Crippen LogP contribution in [0.25, 0.3) is 0 Å². The molecule has 1 amide bonds. The van der Waals surface area contributed by atoms with E-state index >= 15 is 0 Å². The van der Waals surface area contributed by atoms with Gasteiger partial charge < -0.3 is 20.5 Å². The highest BCUT2D eigenvalue weighted by atomic mass is 16.6. The number of amides is 1. The van der Waals surface area contributed by atoms with Crippen molar-refractivity contribution in [3.05, 3.63) is 57.6 Å². The molecular weight excluding hydrogens is 326 g/mol. The van der Waals surface area contributed by atoms with Crippen LogP contribution in [0.1, 0.15) is 28.9 Å². The number of primary amides is 1. The first-order chi connectivity index (χ1) is 11.9. The molecule has 0 fully saturated rings. The maximum Gasteiger partial charge on any atom is 0.293 e. The Morgan fingerprint density at radius 1 is 1.20 bits per heavy atom. The van der Waals surface area contributed by atoms with E-state index < -0.39 is 10.8 Å². The highest BCUT2D eigenvalue weighted by Crippen LogP contribution is 2.34. The molecule has 2 aromatic rings. The summed E-state index contributed by atoms with van der Waals surface area (Å²) in [6, 6.07) is 9.05. The Morgan fingerprint density at radius 2 is 1.92 bits per heavy atom. The largest absolute Gasteiger partial charge is 0.497 e. The summed E-state index contributed by atoms with van der Waals surface area (Å²) in [7, 11) is 3.10. The van der Waals surface area contributed by atoms with Gasteiger partial charge in [-0.25, -0.2) is 0 Å². The number of nitro groups is 1. The second-order valence-corrected chi connectivity index (χ2v) is 5.33. The number of hydrogen-bond acceptors (Lipinski definition) is 6. The van der Waals surface area contributed by atoms with Crippen LogP contribution < -0.4 is 20.5 Å². The molecule has 0 radical (unpaired) electrons. The second-order valence-electron chi connectivity index (χ2n) is 5.33. The third-order valence-corrected chi connectivity index (χ3v) is 3.75. The highest BCUT2D eigenvalue weighted by molar-refractivity contribution is 5.94. The van der Waals surface area contributed by atoms with Gasteiger partial charge >= 0.3 is 0 Å². The predicted octanol–water partition coefficient (Wildman–Crippen LogP) is 2.88. The minimum Gasteiger partial charge on any atom is -0.497 e. The van der Waals surface area contributed by atoms with Gasteiger partial charge in [0.05, 0.1) is 25.2 Å². The van der Waals surface area contributed by atoms with E-state index in [1.807, 2.05) is 6.92 Å². The molecule has 8 nitrogen and oxygen atoms in total. The van der Waals surface area contributed by atoms with Crippen molar-refractivity contribution in [3.63, 3.8) is 0 Å². The van der Waals surface area contributed by atoms with Crippen LogP contribution in [-0.4, -0.2) is 25.1 Å². The number of benzene rings is 2. The third kappa shape index (κ3) is 3.97. The molecule has 0 saturated heterocycles. The van der Waals surface area contributed by atoms with Crippen molar-refractivity contribution in [2.24, 2.45) is 5.73 Å². The fourth-order valence-corrected chi connectivity index (χ4v) is 2.45. The SMILES string of the molecule is COc1ccc(OC)c([C@H](C)Nc2ccc(C(N)=O)cc2[N+](=O)[O-])c1. The predicted molar refractivity (Wildman–Crippen MR) is 93.2 cm³/mol. The molecule has 0 aliphatic heterocycles. The number of nitrogens with one attached hydrogen (secondary N) is 1. The molecule has 132 valence electrons. The standard InChI is InChI=1S/C17H19N3O5/c1-10(13-9-12(24-2)5-7-16(13)25-3)19-14-6-4-11(17(18)21)8-15(14)20(22)23/h4-10,19H,1-3H3,(H2,18,21)/t10-/m0/s1. The Bertz CT molecular complexity index is 807. The number of nitrogens with two attached hydrogens (primary N) is 1. The van der Waals surface area contributed by atoms with Gasteiger partial charge in [-0.05, 0) is 37.3 Å². The molecule has 1 atom stereocenters. The summed E-state index contributed by atoms with van der Waals surface area (Å²) in [6.45, 7) is 1.84. The average Bonchev–Trinajstić information content (AvgIpc) is 2.60. The van der Waals surface area contributed by atoms with E-state index in [0.717, 1.165) is 11.6 Å². The van der Waals surface area contributed by atoms with Gasteiger partial charge in [0.2, 0.25) is 5.91 Å². The van der Waals surface area contributed by atoms with E-state index in [0.29, 0.717) is 11.5 Å². The lowest BCUT2D eigenvalue weighted by atomic mass is 10.1. The Labute approximate surface area is 144 Å². The summed E-state index contributed by atoms with van der Waals surface area (Å²) >= 11 is 0. The summed E-state index contributed by atoms with van der Waals surface area (Å²) in [5.74, 6) is 0.539. The Kier molecular flexibility index (Phi) is 5.43. The van der Waals surface area contributed by atoms with Crippen LogP contribution in [0.4, 0.5) is 11.4 Å². The maximum absolute atomic E-state index is 11.3. The van der Waals surface area contributed by atoms with Crippen LogP contribution in [0.2, 0.25) is 0 Å². The molecule has 0 aromatic heterocycles. The van der Waals surface area contributed by atoms with Gasteiger partial charge in [0, 0.05) is 17.2 Å². The molecular formula is C17H19N3O5. The monoisotopic (exact) mass is 345 g/mol. The Hall–Kier alpha value is -3.29. The van der Waals surface area contributed by atoms with Gasteiger partial charge in [-0.2, -0.15) is 0 Å². The lowest BCUT2D eigenvalue weighted by molar-refractivity contribution is -0.384. The van der Waals surface area contributed by atoms with Crippen molar-refractivity contribution in [1.82, 2.24) is 0 Å². The molecule has 25 heavy (non-hydrogen) atoms.